The summed E-state index contributed by atoms with van der Waals surface area (Å²) in [5.74, 6) is 0.153. The molecule has 0 fully saturated rings. The van der Waals surface area contributed by atoms with Gasteiger partial charge in [-0.25, -0.2) is 0 Å². The molecule has 1 atom stereocenters. The van der Waals surface area contributed by atoms with Crippen molar-refractivity contribution >= 4 is 6.29 Å². The van der Waals surface area contributed by atoms with Gasteiger partial charge in [-0.3, -0.25) is 0 Å². The molecule has 1 heteroatoms. The molecule has 0 aliphatic heterocycles. The highest BCUT2D eigenvalue weighted by atomic mass is 16.1. The molecule has 0 aromatic carbocycles. The van der Waals surface area contributed by atoms with Crippen molar-refractivity contribution in [3.8, 4) is 0 Å². The van der Waals surface area contributed by atoms with Gasteiger partial charge >= 0.3 is 0 Å². The molecule has 0 bridgehead atoms. The van der Waals surface area contributed by atoms with Crippen LogP contribution in [0.1, 0.15) is 12.8 Å². The SMILES string of the molecule is O=CC1C=CC=CCC1. The van der Waals surface area contributed by atoms with Crippen LogP contribution < -0.4 is 0 Å². The number of aldehydes is 1. The standard InChI is InChI=1S/C8H10O/c9-7-8-5-3-1-2-4-6-8/h1-3,5,7-8H,4,6H2. The molecule has 0 N–H and O–H groups in total. The first-order valence-corrected chi connectivity index (χ1v) is 3.22. The van der Waals surface area contributed by atoms with Gasteiger partial charge in [-0.05, 0) is 12.8 Å². The lowest BCUT2D eigenvalue weighted by Gasteiger charge is -1.96. The summed E-state index contributed by atoms with van der Waals surface area (Å²) in [7, 11) is 0. The maximum atomic E-state index is 10.2. The molecule has 0 saturated carbocycles. The quantitative estimate of drug-likeness (QED) is 0.484. The first-order valence-electron chi connectivity index (χ1n) is 3.22. The van der Waals surface area contributed by atoms with Crippen LogP contribution in [-0.4, -0.2) is 6.29 Å². The van der Waals surface area contributed by atoms with E-state index in [-0.39, 0.29) is 5.92 Å². The molecule has 1 unspecified atom stereocenters. The van der Waals surface area contributed by atoms with Gasteiger partial charge in [0.2, 0.25) is 0 Å². The zero-order valence-electron chi connectivity index (χ0n) is 5.29. The molecule has 0 amide bonds. The average Bonchev–Trinajstić information content (AvgIpc) is 2.13. The second kappa shape index (κ2) is 3.23. The number of carbonyl (C=O) groups excluding carboxylic acids is 1. The zero-order chi connectivity index (χ0) is 6.53. The molecule has 0 spiro atoms. The summed E-state index contributed by atoms with van der Waals surface area (Å²) >= 11 is 0. The van der Waals surface area contributed by atoms with Gasteiger partial charge in [-0.2, -0.15) is 0 Å². The van der Waals surface area contributed by atoms with Gasteiger partial charge in [-0.1, -0.05) is 24.3 Å². The summed E-state index contributed by atoms with van der Waals surface area (Å²) < 4.78 is 0. The van der Waals surface area contributed by atoms with E-state index in [1.165, 1.54) is 0 Å². The maximum absolute atomic E-state index is 10.2. The van der Waals surface area contributed by atoms with E-state index in [1.54, 1.807) is 0 Å². The van der Waals surface area contributed by atoms with Crippen LogP contribution in [0.3, 0.4) is 0 Å². The molecule has 0 saturated heterocycles. The van der Waals surface area contributed by atoms with E-state index in [9.17, 15) is 4.79 Å². The molecule has 1 nitrogen and oxygen atoms in total. The number of rotatable bonds is 1. The third kappa shape index (κ3) is 1.84. The predicted octanol–water partition coefficient (Wildman–Crippen LogP) is 1.71. The van der Waals surface area contributed by atoms with Crippen molar-refractivity contribution in [2.75, 3.05) is 0 Å². The van der Waals surface area contributed by atoms with Gasteiger partial charge in [0, 0.05) is 5.92 Å². The summed E-state index contributed by atoms with van der Waals surface area (Å²) in [6.45, 7) is 0. The Morgan fingerprint density at radius 1 is 1.44 bits per heavy atom. The molecule has 1 aliphatic carbocycles. The van der Waals surface area contributed by atoms with Crippen molar-refractivity contribution in [2.24, 2.45) is 5.92 Å². The highest BCUT2D eigenvalue weighted by molar-refractivity contribution is 5.56. The summed E-state index contributed by atoms with van der Waals surface area (Å²) in [5.41, 5.74) is 0. The normalized spacial score (nSPS) is 25.6. The number of hydrogen-bond acceptors (Lipinski definition) is 1. The van der Waals surface area contributed by atoms with E-state index in [1.807, 2.05) is 18.2 Å². The molecular formula is C8H10O. The minimum absolute atomic E-state index is 0.153. The molecule has 0 aromatic heterocycles. The minimum Gasteiger partial charge on any atom is -0.303 e. The highest BCUT2D eigenvalue weighted by Crippen LogP contribution is 2.09. The molecule has 0 heterocycles. The molecule has 1 rings (SSSR count). The lowest BCUT2D eigenvalue weighted by Crippen LogP contribution is -1.94. The van der Waals surface area contributed by atoms with E-state index in [2.05, 4.69) is 6.08 Å². The Kier molecular flexibility index (Phi) is 2.25. The highest BCUT2D eigenvalue weighted by Gasteiger charge is 2.00. The van der Waals surface area contributed by atoms with Crippen LogP contribution in [0, 0.1) is 5.92 Å². The summed E-state index contributed by atoms with van der Waals surface area (Å²) in [5, 5.41) is 0. The minimum atomic E-state index is 0.153. The Morgan fingerprint density at radius 3 is 3.11 bits per heavy atom. The van der Waals surface area contributed by atoms with E-state index in [0.29, 0.717) is 0 Å². The lowest BCUT2D eigenvalue weighted by molar-refractivity contribution is -0.110. The van der Waals surface area contributed by atoms with Crippen molar-refractivity contribution in [1.29, 1.82) is 0 Å². The summed E-state index contributed by atoms with van der Waals surface area (Å²) in [6.07, 6.45) is 10.9. The van der Waals surface area contributed by atoms with Crippen LogP contribution in [0.15, 0.2) is 24.3 Å². The van der Waals surface area contributed by atoms with E-state index in [0.717, 1.165) is 19.1 Å². The Hall–Kier alpha value is -0.850. The van der Waals surface area contributed by atoms with Gasteiger partial charge in [0.1, 0.15) is 6.29 Å². The van der Waals surface area contributed by atoms with Crippen LogP contribution in [-0.2, 0) is 4.79 Å². The van der Waals surface area contributed by atoms with Crippen LogP contribution >= 0.6 is 0 Å². The monoisotopic (exact) mass is 122 g/mol. The number of allylic oxidation sites excluding steroid dienone is 4. The molecular weight excluding hydrogens is 112 g/mol. The van der Waals surface area contributed by atoms with E-state index < -0.39 is 0 Å². The van der Waals surface area contributed by atoms with Crippen LogP contribution in [0.5, 0.6) is 0 Å². The second-order valence-corrected chi connectivity index (χ2v) is 2.19. The van der Waals surface area contributed by atoms with E-state index in [4.69, 9.17) is 0 Å². The average molecular weight is 122 g/mol. The van der Waals surface area contributed by atoms with Gasteiger partial charge in [-0.15, -0.1) is 0 Å². The summed E-state index contributed by atoms with van der Waals surface area (Å²) in [4.78, 5) is 10.2. The fourth-order valence-corrected chi connectivity index (χ4v) is 0.880. The van der Waals surface area contributed by atoms with Crippen LogP contribution in [0.25, 0.3) is 0 Å². The van der Waals surface area contributed by atoms with Crippen molar-refractivity contribution in [1.82, 2.24) is 0 Å². The molecule has 0 radical (unpaired) electrons. The number of carbonyl (C=O) groups is 1. The van der Waals surface area contributed by atoms with Gasteiger partial charge < -0.3 is 4.79 Å². The van der Waals surface area contributed by atoms with Gasteiger partial charge in [0.15, 0.2) is 0 Å². The fourth-order valence-electron chi connectivity index (χ4n) is 0.880. The topological polar surface area (TPSA) is 17.1 Å². The molecule has 48 valence electrons. The molecule has 0 aromatic rings. The first kappa shape index (κ1) is 6.27. The Morgan fingerprint density at radius 2 is 2.33 bits per heavy atom. The molecule has 9 heavy (non-hydrogen) atoms. The van der Waals surface area contributed by atoms with Crippen molar-refractivity contribution in [3.63, 3.8) is 0 Å². The predicted molar refractivity (Wildman–Crippen MR) is 37.1 cm³/mol. The van der Waals surface area contributed by atoms with Crippen LogP contribution in [0.2, 0.25) is 0 Å². The first-order chi connectivity index (χ1) is 4.43. The zero-order valence-corrected chi connectivity index (χ0v) is 5.29. The Labute approximate surface area is 55.1 Å². The Bertz CT molecular complexity index is 145. The molecule has 1 aliphatic rings. The lowest BCUT2D eigenvalue weighted by atomic mass is 10.1. The second-order valence-electron chi connectivity index (χ2n) is 2.19. The van der Waals surface area contributed by atoms with Gasteiger partial charge in [0.25, 0.3) is 0 Å². The third-order valence-corrected chi connectivity index (χ3v) is 1.45. The van der Waals surface area contributed by atoms with Crippen molar-refractivity contribution < 1.29 is 4.79 Å². The fraction of sp³-hybridized carbons (Fsp3) is 0.375. The summed E-state index contributed by atoms with van der Waals surface area (Å²) in [6, 6.07) is 0. The van der Waals surface area contributed by atoms with E-state index >= 15 is 0 Å². The van der Waals surface area contributed by atoms with Gasteiger partial charge in [0.05, 0.1) is 0 Å². The largest absolute Gasteiger partial charge is 0.303 e. The van der Waals surface area contributed by atoms with Crippen LogP contribution in [0.4, 0.5) is 0 Å². The smallest absolute Gasteiger partial charge is 0.126 e. The maximum Gasteiger partial charge on any atom is 0.126 e. The third-order valence-electron chi connectivity index (χ3n) is 1.45. The van der Waals surface area contributed by atoms with Crippen molar-refractivity contribution in [3.05, 3.63) is 24.3 Å². The van der Waals surface area contributed by atoms with Crippen molar-refractivity contribution in [2.45, 2.75) is 12.8 Å². The Balaban J connectivity index is 2.50. The number of hydrogen-bond donors (Lipinski definition) is 0.